The third-order valence-electron chi connectivity index (χ3n) is 3.21. The number of β-amino-alcohol motifs (C(OH)–C–C–N with tert-alkyl or cyclic N) is 1. The van der Waals surface area contributed by atoms with Gasteiger partial charge < -0.3 is 20.5 Å². The number of hydrogen-bond acceptors (Lipinski definition) is 5. The van der Waals surface area contributed by atoms with Crippen LogP contribution in [-0.4, -0.2) is 43.9 Å². The topological polar surface area (TPSA) is 70.6 Å². The minimum Gasteiger partial charge on any atom is -0.494 e. The van der Waals surface area contributed by atoms with E-state index in [4.69, 9.17) is 4.74 Å². The van der Waals surface area contributed by atoms with Gasteiger partial charge in [0.2, 0.25) is 0 Å². The van der Waals surface area contributed by atoms with Gasteiger partial charge >= 0.3 is 0 Å². The summed E-state index contributed by atoms with van der Waals surface area (Å²) < 4.78 is 6.08. The number of ether oxygens (including phenoxy) is 1. The van der Waals surface area contributed by atoms with Gasteiger partial charge in [-0.15, -0.1) is 11.3 Å². The molecule has 19 heavy (non-hydrogen) atoms. The molecular formula is C12H17BrN2O3S. The van der Waals surface area contributed by atoms with Gasteiger partial charge in [-0.2, -0.15) is 0 Å². The molecule has 0 aromatic carbocycles. The summed E-state index contributed by atoms with van der Waals surface area (Å²) in [7, 11) is 1.55. The zero-order valence-corrected chi connectivity index (χ0v) is 13.2. The van der Waals surface area contributed by atoms with Crippen LogP contribution in [0.4, 0.5) is 0 Å². The van der Waals surface area contributed by atoms with Crippen molar-refractivity contribution in [1.82, 2.24) is 10.6 Å². The van der Waals surface area contributed by atoms with E-state index < -0.39 is 0 Å². The molecule has 2 heterocycles. The Kier molecular flexibility index (Phi) is 4.83. The third kappa shape index (κ3) is 3.10. The normalized spacial score (nSPS) is 22.5. The van der Waals surface area contributed by atoms with Gasteiger partial charge in [0.1, 0.15) is 4.88 Å². The molecule has 2 unspecified atom stereocenters. The van der Waals surface area contributed by atoms with Crippen molar-refractivity contribution in [2.75, 3.05) is 26.7 Å². The van der Waals surface area contributed by atoms with Crippen LogP contribution in [0.15, 0.2) is 4.47 Å². The number of carbonyl (C=O) groups excluding carboxylic acids is 1. The highest BCUT2D eigenvalue weighted by atomic mass is 79.9. The largest absolute Gasteiger partial charge is 0.494 e. The highest BCUT2D eigenvalue weighted by molar-refractivity contribution is 9.10. The van der Waals surface area contributed by atoms with Crippen LogP contribution in [0.5, 0.6) is 5.75 Å². The number of nitrogens with one attached hydrogen (secondary N) is 2. The van der Waals surface area contributed by atoms with E-state index in [0.29, 0.717) is 23.7 Å². The number of carbonyl (C=O) groups is 1. The van der Waals surface area contributed by atoms with Crippen LogP contribution in [0, 0.1) is 12.8 Å². The number of aliphatic hydroxyl groups is 1. The Labute approximate surface area is 124 Å². The number of methoxy groups -OCH3 is 1. The van der Waals surface area contributed by atoms with Gasteiger partial charge in [0.25, 0.3) is 5.91 Å². The Morgan fingerprint density at radius 3 is 2.95 bits per heavy atom. The molecule has 2 rings (SSSR count). The molecule has 0 saturated carbocycles. The first kappa shape index (κ1) is 14.8. The average Bonchev–Trinajstić information content (AvgIpc) is 2.92. The van der Waals surface area contributed by atoms with Gasteiger partial charge in [-0.3, -0.25) is 4.79 Å². The van der Waals surface area contributed by atoms with Gasteiger partial charge in [-0.05, 0) is 22.9 Å². The minimum absolute atomic E-state index is 0.0689. The van der Waals surface area contributed by atoms with Gasteiger partial charge in [0, 0.05) is 30.4 Å². The number of rotatable bonds is 4. The Balaban J connectivity index is 2.02. The van der Waals surface area contributed by atoms with Crippen LogP contribution < -0.4 is 15.4 Å². The summed E-state index contributed by atoms with van der Waals surface area (Å²) in [6, 6.07) is 0. The van der Waals surface area contributed by atoms with E-state index in [1.807, 2.05) is 6.92 Å². The lowest BCUT2D eigenvalue weighted by Crippen LogP contribution is -2.34. The molecule has 7 heteroatoms. The van der Waals surface area contributed by atoms with Gasteiger partial charge in [0.15, 0.2) is 5.75 Å². The van der Waals surface area contributed by atoms with Crippen molar-refractivity contribution in [1.29, 1.82) is 0 Å². The minimum atomic E-state index is -0.390. The Morgan fingerprint density at radius 2 is 2.37 bits per heavy atom. The zero-order valence-electron chi connectivity index (χ0n) is 10.8. The molecule has 0 bridgehead atoms. The Bertz CT molecular complexity index is 478. The second kappa shape index (κ2) is 6.21. The maximum atomic E-state index is 12.1. The number of halogens is 1. The number of aryl methyl sites for hydroxylation is 1. The molecule has 106 valence electrons. The van der Waals surface area contributed by atoms with Crippen molar-refractivity contribution in [3.8, 4) is 5.75 Å². The van der Waals surface area contributed by atoms with Crippen LogP contribution in [0.3, 0.4) is 0 Å². The Morgan fingerprint density at radius 1 is 1.63 bits per heavy atom. The van der Waals surface area contributed by atoms with E-state index in [-0.39, 0.29) is 17.9 Å². The second-order valence-electron chi connectivity index (χ2n) is 4.53. The summed E-state index contributed by atoms with van der Waals surface area (Å²) >= 11 is 4.81. The molecule has 0 spiro atoms. The molecule has 1 amide bonds. The van der Waals surface area contributed by atoms with E-state index >= 15 is 0 Å². The first-order valence-corrected chi connectivity index (χ1v) is 7.65. The van der Waals surface area contributed by atoms with Crippen molar-refractivity contribution >= 4 is 33.2 Å². The monoisotopic (exact) mass is 348 g/mol. The summed E-state index contributed by atoms with van der Waals surface area (Å²) in [5.41, 5.74) is 0. The molecule has 1 aromatic rings. The fourth-order valence-corrected chi connectivity index (χ4v) is 3.73. The van der Waals surface area contributed by atoms with Crippen LogP contribution in [0.2, 0.25) is 0 Å². The van der Waals surface area contributed by atoms with Gasteiger partial charge in [-0.25, -0.2) is 0 Å². The molecular weight excluding hydrogens is 332 g/mol. The SMILES string of the molecule is COc1c(C(=O)NCC2CNCC2O)sc(C)c1Br. The smallest absolute Gasteiger partial charge is 0.265 e. The van der Waals surface area contributed by atoms with Gasteiger partial charge in [-0.1, -0.05) is 0 Å². The standard InChI is InChI=1S/C12H17BrN2O3S/c1-6-9(13)10(18-2)11(19-6)12(17)15-4-7-3-14-5-8(7)16/h7-8,14,16H,3-5H2,1-2H3,(H,15,17). The summed E-state index contributed by atoms with van der Waals surface area (Å²) in [5.74, 6) is 0.485. The van der Waals surface area contributed by atoms with Crippen molar-refractivity contribution in [2.45, 2.75) is 13.0 Å². The first-order chi connectivity index (χ1) is 9.04. The van der Waals surface area contributed by atoms with Crippen molar-refractivity contribution in [2.24, 2.45) is 5.92 Å². The van der Waals surface area contributed by atoms with E-state index in [1.54, 1.807) is 7.11 Å². The van der Waals surface area contributed by atoms with E-state index in [9.17, 15) is 9.90 Å². The van der Waals surface area contributed by atoms with E-state index in [0.717, 1.165) is 15.9 Å². The molecule has 2 atom stereocenters. The molecule has 0 radical (unpaired) electrons. The lowest BCUT2D eigenvalue weighted by molar-refractivity contribution is 0.0928. The molecule has 1 aliphatic heterocycles. The van der Waals surface area contributed by atoms with Gasteiger partial charge in [0.05, 0.1) is 17.7 Å². The average molecular weight is 349 g/mol. The number of hydrogen-bond donors (Lipinski definition) is 3. The Hall–Kier alpha value is -0.630. The van der Waals surface area contributed by atoms with E-state index in [1.165, 1.54) is 11.3 Å². The van der Waals surface area contributed by atoms with Crippen LogP contribution in [-0.2, 0) is 0 Å². The maximum Gasteiger partial charge on any atom is 0.265 e. The van der Waals surface area contributed by atoms with Crippen LogP contribution >= 0.6 is 27.3 Å². The fraction of sp³-hybridized carbons (Fsp3) is 0.583. The molecule has 1 aliphatic rings. The second-order valence-corrected chi connectivity index (χ2v) is 6.55. The molecule has 0 aliphatic carbocycles. The maximum absolute atomic E-state index is 12.1. The predicted octanol–water partition coefficient (Wildman–Crippen LogP) is 1.14. The molecule has 3 N–H and O–H groups in total. The number of aliphatic hydroxyl groups excluding tert-OH is 1. The van der Waals surface area contributed by atoms with E-state index in [2.05, 4.69) is 26.6 Å². The molecule has 1 aromatic heterocycles. The lowest BCUT2D eigenvalue weighted by atomic mass is 10.1. The molecule has 1 saturated heterocycles. The number of amides is 1. The summed E-state index contributed by atoms with van der Waals surface area (Å²) in [6.07, 6.45) is -0.390. The summed E-state index contributed by atoms with van der Waals surface area (Å²) in [6.45, 7) is 3.71. The van der Waals surface area contributed by atoms with Crippen molar-refractivity contribution in [3.63, 3.8) is 0 Å². The predicted molar refractivity (Wildman–Crippen MR) is 78.0 cm³/mol. The van der Waals surface area contributed by atoms with Crippen LogP contribution in [0.25, 0.3) is 0 Å². The summed E-state index contributed by atoms with van der Waals surface area (Å²) in [5, 5.41) is 15.6. The third-order valence-corrected chi connectivity index (χ3v) is 5.51. The molecule has 5 nitrogen and oxygen atoms in total. The zero-order chi connectivity index (χ0) is 14.0. The lowest BCUT2D eigenvalue weighted by Gasteiger charge is -2.14. The number of thiophene rings is 1. The van der Waals surface area contributed by atoms with Crippen LogP contribution in [0.1, 0.15) is 14.5 Å². The quantitative estimate of drug-likeness (QED) is 0.762. The molecule has 1 fully saturated rings. The van der Waals surface area contributed by atoms with Crippen molar-refractivity contribution in [3.05, 3.63) is 14.2 Å². The van der Waals surface area contributed by atoms with Crippen molar-refractivity contribution < 1.29 is 14.6 Å². The first-order valence-electron chi connectivity index (χ1n) is 6.04. The fourth-order valence-electron chi connectivity index (χ4n) is 2.07. The highest BCUT2D eigenvalue weighted by Crippen LogP contribution is 2.38. The summed E-state index contributed by atoms with van der Waals surface area (Å²) in [4.78, 5) is 13.7. The highest BCUT2D eigenvalue weighted by Gasteiger charge is 2.26.